The molecule has 0 bridgehead atoms. The maximum Gasteiger partial charge on any atom is 0.224 e. The summed E-state index contributed by atoms with van der Waals surface area (Å²) in [6.45, 7) is 2.18. The Bertz CT molecular complexity index is 717. The first-order valence-corrected chi connectivity index (χ1v) is 8.65. The van der Waals surface area contributed by atoms with Crippen LogP contribution in [0.15, 0.2) is 24.4 Å². The van der Waals surface area contributed by atoms with Gasteiger partial charge in [0, 0.05) is 23.9 Å². The molecule has 1 aliphatic rings. The van der Waals surface area contributed by atoms with Gasteiger partial charge in [-0.05, 0) is 31.9 Å². The molecule has 0 radical (unpaired) electrons. The quantitative estimate of drug-likeness (QED) is 0.681. The van der Waals surface area contributed by atoms with Gasteiger partial charge < -0.3 is 16.0 Å². The molecule has 3 rings (SSSR count). The summed E-state index contributed by atoms with van der Waals surface area (Å²) in [5, 5.41) is 9.39. The average Bonchev–Trinajstić information content (AvgIpc) is 2.60. The maximum absolute atomic E-state index is 13.6. The monoisotopic (exact) mass is 347 g/mol. The van der Waals surface area contributed by atoms with Gasteiger partial charge in [-0.25, -0.2) is 13.8 Å². The van der Waals surface area contributed by atoms with E-state index in [-0.39, 0.29) is 12.4 Å². The molecular weight excluding hydrogens is 324 g/mol. The molecule has 1 fully saturated rings. The third-order valence-electron chi connectivity index (χ3n) is 4.38. The summed E-state index contributed by atoms with van der Waals surface area (Å²) in [4.78, 5) is 8.85. The van der Waals surface area contributed by atoms with Crippen molar-refractivity contribution in [3.05, 3.63) is 41.6 Å². The topological polar surface area (TPSA) is 61.9 Å². The highest BCUT2D eigenvalue weighted by atomic mass is 19.1. The molecule has 1 aromatic carbocycles. The van der Waals surface area contributed by atoms with Crippen molar-refractivity contribution in [2.75, 3.05) is 22.6 Å². The van der Waals surface area contributed by atoms with E-state index in [4.69, 9.17) is 0 Å². The molecular formula is C18H23F2N5. The van der Waals surface area contributed by atoms with Gasteiger partial charge in [-0.15, -0.1) is 0 Å². The van der Waals surface area contributed by atoms with Crippen LogP contribution in [0.1, 0.15) is 37.7 Å². The van der Waals surface area contributed by atoms with Crippen LogP contribution in [0.5, 0.6) is 0 Å². The number of anilines is 3. The van der Waals surface area contributed by atoms with Crippen molar-refractivity contribution in [1.29, 1.82) is 0 Å². The lowest BCUT2D eigenvalue weighted by atomic mass is 9.96. The Kier molecular flexibility index (Phi) is 5.63. The average molecular weight is 347 g/mol. The van der Waals surface area contributed by atoms with E-state index in [1.807, 2.05) is 6.92 Å². The molecule has 1 heterocycles. The molecule has 1 saturated carbocycles. The summed E-state index contributed by atoms with van der Waals surface area (Å²) in [6, 6.07) is 3.86. The molecule has 25 heavy (non-hydrogen) atoms. The number of hydrogen-bond acceptors (Lipinski definition) is 5. The van der Waals surface area contributed by atoms with Gasteiger partial charge in [0.25, 0.3) is 0 Å². The van der Waals surface area contributed by atoms with Gasteiger partial charge >= 0.3 is 0 Å². The molecule has 134 valence electrons. The van der Waals surface area contributed by atoms with E-state index in [0.717, 1.165) is 24.5 Å². The lowest BCUT2D eigenvalue weighted by molar-refractivity contribution is 0.461. The van der Waals surface area contributed by atoms with Gasteiger partial charge in [0.05, 0.1) is 12.4 Å². The van der Waals surface area contributed by atoms with E-state index >= 15 is 0 Å². The Hall–Kier alpha value is -2.44. The predicted octanol–water partition coefficient (Wildman–Crippen LogP) is 4.29. The summed E-state index contributed by atoms with van der Waals surface area (Å²) in [5.41, 5.74) is 1.14. The molecule has 1 aromatic heterocycles. The number of benzene rings is 1. The van der Waals surface area contributed by atoms with E-state index < -0.39 is 11.6 Å². The fourth-order valence-electron chi connectivity index (χ4n) is 2.98. The Balaban J connectivity index is 1.58. The van der Waals surface area contributed by atoms with Gasteiger partial charge in [0.1, 0.15) is 17.5 Å². The van der Waals surface area contributed by atoms with Crippen LogP contribution in [0.3, 0.4) is 0 Å². The number of aromatic nitrogens is 2. The normalized spacial score (nSPS) is 15.0. The third kappa shape index (κ3) is 4.78. The Labute approximate surface area is 146 Å². The van der Waals surface area contributed by atoms with Crippen molar-refractivity contribution < 1.29 is 8.78 Å². The summed E-state index contributed by atoms with van der Waals surface area (Å²) in [7, 11) is 0. The number of hydrogen-bond donors (Lipinski definition) is 3. The highest BCUT2D eigenvalue weighted by molar-refractivity contribution is 5.49. The van der Waals surface area contributed by atoms with E-state index in [1.54, 1.807) is 6.20 Å². The van der Waals surface area contributed by atoms with Crippen LogP contribution in [0.2, 0.25) is 0 Å². The highest BCUT2D eigenvalue weighted by Crippen LogP contribution is 2.21. The highest BCUT2D eigenvalue weighted by Gasteiger charge is 2.14. The molecule has 0 amide bonds. The largest absolute Gasteiger partial charge is 0.366 e. The molecule has 0 unspecified atom stereocenters. The van der Waals surface area contributed by atoms with E-state index in [2.05, 4.69) is 25.9 Å². The smallest absolute Gasteiger partial charge is 0.224 e. The van der Waals surface area contributed by atoms with Crippen molar-refractivity contribution in [2.45, 2.75) is 45.1 Å². The van der Waals surface area contributed by atoms with E-state index in [9.17, 15) is 8.78 Å². The third-order valence-corrected chi connectivity index (χ3v) is 4.38. The fourth-order valence-corrected chi connectivity index (χ4v) is 2.98. The molecule has 0 saturated heterocycles. The second-order valence-electron chi connectivity index (χ2n) is 6.36. The van der Waals surface area contributed by atoms with Crippen LogP contribution in [-0.4, -0.2) is 22.7 Å². The maximum atomic E-state index is 13.6. The summed E-state index contributed by atoms with van der Waals surface area (Å²) >= 11 is 0. The lowest BCUT2D eigenvalue weighted by Gasteiger charge is -2.23. The fraction of sp³-hybridized carbons (Fsp3) is 0.444. The molecule has 1 aliphatic carbocycles. The van der Waals surface area contributed by atoms with Crippen LogP contribution < -0.4 is 16.0 Å². The second-order valence-corrected chi connectivity index (χ2v) is 6.36. The zero-order chi connectivity index (χ0) is 17.6. The molecule has 7 heteroatoms. The summed E-state index contributed by atoms with van der Waals surface area (Å²) < 4.78 is 26.5. The van der Waals surface area contributed by atoms with Gasteiger partial charge in [-0.1, -0.05) is 19.3 Å². The van der Waals surface area contributed by atoms with Gasteiger partial charge in [-0.3, -0.25) is 0 Å². The van der Waals surface area contributed by atoms with Crippen LogP contribution in [0.25, 0.3) is 0 Å². The number of aryl methyl sites for hydroxylation is 1. The molecule has 3 N–H and O–H groups in total. The molecule has 0 aliphatic heterocycles. The number of nitrogens with zero attached hydrogens (tertiary/aromatic N) is 2. The van der Waals surface area contributed by atoms with Crippen LogP contribution in [-0.2, 0) is 0 Å². The van der Waals surface area contributed by atoms with Crippen LogP contribution in [0.4, 0.5) is 26.2 Å². The minimum Gasteiger partial charge on any atom is -0.366 e. The number of halogens is 2. The van der Waals surface area contributed by atoms with Crippen molar-refractivity contribution in [3.8, 4) is 0 Å². The number of nitrogens with one attached hydrogen (secondary N) is 3. The zero-order valence-corrected chi connectivity index (χ0v) is 14.3. The first-order valence-electron chi connectivity index (χ1n) is 8.65. The standard InChI is InChI=1S/C18H23F2N5/c1-12-10-21-18(24-14-5-3-2-4-6-14)25-17(12)23-11-22-16-8-7-13(19)9-15(16)20/h7-10,14,22H,2-6,11H2,1H3,(H2,21,23,24,25). The zero-order valence-electron chi connectivity index (χ0n) is 14.3. The minimum atomic E-state index is -0.624. The minimum absolute atomic E-state index is 0.237. The first-order chi connectivity index (χ1) is 12.1. The van der Waals surface area contributed by atoms with E-state index in [0.29, 0.717) is 17.8 Å². The van der Waals surface area contributed by atoms with Crippen LogP contribution >= 0.6 is 0 Å². The van der Waals surface area contributed by atoms with Crippen molar-refractivity contribution in [3.63, 3.8) is 0 Å². The van der Waals surface area contributed by atoms with E-state index in [1.165, 1.54) is 31.4 Å². The second kappa shape index (κ2) is 8.09. The molecule has 2 aromatic rings. The van der Waals surface area contributed by atoms with Crippen molar-refractivity contribution in [1.82, 2.24) is 9.97 Å². The van der Waals surface area contributed by atoms with Gasteiger partial charge in [-0.2, -0.15) is 4.98 Å². The van der Waals surface area contributed by atoms with Crippen molar-refractivity contribution in [2.24, 2.45) is 0 Å². The summed E-state index contributed by atoms with van der Waals surface area (Å²) in [6.07, 6.45) is 7.82. The van der Waals surface area contributed by atoms with Gasteiger partial charge in [0.2, 0.25) is 5.95 Å². The number of rotatable bonds is 6. The molecule has 5 nitrogen and oxygen atoms in total. The Morgan fingerprint density at radius 2 is 1.92 bits per heavy atom. The Morgan fingerprint density at radius 1 is 1.12 bits per heavy atom. The molecule has 0 atom stereocenters. The lowest BCUT2D eigenvalue weighted by Crippen LogP contribution is -2.24. The predicted molar refractivity (Wildman–Crippen MR) is 95.7 cm³/mol. The first kappa shape index (κ1) is 17.4. The van der Waals surface area contributed by atoms with Crippen LogP contribution in [0, 0.1) is 18.6 Å². The molecule has 0 spiro atoms. The van der Waals surface area contributed by atoms with Crippen molar-refractivity contribution >= 4 is 17.5 Å². The van der Waals surface area contributed by atoms with Gasteiger partial charge in [0.15, 0.2) is 0 Å². The summed E-state index contributed by atoms with van der Waals surface area (Å²) in [5.74, 6) is 0.0678. The Morgan fingerprint density at radius 3 is 2.68 bits per heavy atom. The SMILES string of the molecule is Cc1cnc(NC2CCCCC2)nc1NCNc1ccc(F)cc1F.